The zero-order valence-corrected chi connectivity index (χ0v) is 8.65. The molecule has 0 atom stereocenters. The number of aromatic hydroxyl groups is 1. The van der Waals surface area contributed by atoms with Crippen molar-refractivity contribution in [3.63, 3.8) is 0 Å². The van der Waals surface area contributed by atoms with Crippen LogP contribution in [0.1, 0.15) is 29.6 Å². The topological polar surface area (TPSA) is 40.5 Å². The molecule has 1 heterocycles. The Bertz CT molecular complexity index is 357. The molecule has 15 heavy (non-hydrogen) atoms. The van der Waals surface area contributed by atoms with Crippen molar-refractivity contribution in [2.75, 3.05) is 18.0 Å². The fraction of sp³-hybridized carbons (Fsp3) is 0.417. The van der Waals surface area contributed by atoms with Gasteiger partial charge in [0, 0.05) is 24.8 Å². The molecule has 0 spiro atoms. The van der Waals surface area contributed by atoms with E-state index >= 15 is 0 Å². The van der Waals surface area contributed by atoms with Crippen molar-refractivity contribution >= 4 is 12.0 Å². The SMILES string of the molecule is O=Cc1ccc(N2CCCCC2)cc1O. The molecule has 0 saturated carbocycles. The molecule has 1 aromatic carbocycles. The molecule has 1 aromatic rings. The van der Waals surface area contributed by atoms with Crippen LogP contribution in [0.4, 0.5) is 5.69 Å². The number of anilines is 1. The molecule has 1 aliphatic heterocycles. The number of hydrogen-bond donors (Lipinski definition) is 1. The van der Waals surface area contributed by atoms with Gasteiger partial charge in [0.1, 0.15) is 5.75 Å². The first-order valence-electron chi connectivity index (χ1n) is 5.34. The van der Waals surface area contributed by atoms with E-state index in [0.29, 0.717) is 11.8 Å². The van der Waals surface area contributed by atoms with E-state index in [1.807, 2.05) is 6.07 Å². The highest BCUT2D eigenvalue weighted by atomic mass is 16.3. The number of piperidine rings is 1. The molecule has 1 aliphatic rings. The lowest BCUT2D eigenvalue weighted by Crippen LogP contribution is -2.29. The largest absolute Gasteiger partial charge is 0.507 e. The molecule has 2 rings (SSSR count). The molecule has 0 radical (unpaired) electrons. The maximum Gasteiger partial charge on any atom is 0.153 e. The lowest BCUT2D eigenvalue weighted by molar-refractivity contribution is 0.112. The smallest absolute Gasteiger partial charge is 0.153 e. The summed E-state index contributed by atoms with van der Waals surface area (Å²) in [6.45, 7) is 2.08. The van der Waals surface area contributed by atoms with Crippen LogP contribution in [0.3, 0.4) is 0 Å². The van der Waals surface area contributed by atoms with Gasteiger partial charge in [-0.1, -0.05) is 0 Å². The Balaban J connectivity index is 2.21. The zero-order valence-electron chi connectivity index (χ0n) is 8.65. The number of aldehydes is 1. The standard InChI is InChI=1S/C12H15NO2/c14-9-10-4-5-11(8-12(10)15)13-6-2-1-3-7-13/h4-5,8-9,15H,1-3,6-7H2. The minimum absolute atomic E-state index is 0.0769. The highest BCUT2D eigenvalue weighted by molar-refractivity contribution is 5.80. The summed E-state index contributed by atoms with van der Waals surface area (Å²) in [5.41, 5.74) is 1.37. The number of phenols is 1. The van der Waals surface area contributed by atoms with Gasteiger partial charge in [-0.25, -0.2) is 0 Å². The highest BCUT2D eigenvalue weighted by Crippen LogP contribution is 2.25. The second-order valence-corrected chi connectivity index (χ2v) is 3.91. The van der Waals surface area contributed by atoms with Crippen molar-refractivity contribution in [2.45, 2.75) is 19.3 Å². The Morgan fingerprint density at radius 2 is 1.93 bits per heavy atom. The molecule has 3 nitrogen and oxygen atoms in total. The number of carbonyl (C=O) groups excluding carboxylic acids is 1. The molecule has 80 valence electrons. The third kappa shape index (κ3) is 2.12. The second-order valence-electron chi connectivity index (χ2n) is 3.91. The summed E-state index contributed by atoms with van der Waals surface area (Å²) in [4.78, 5) is 12.8. The zero-order chi connectivity index (χ0) is 10.7. The summed E-state index contributed by atoms with van der Waals surface area (Å²) in [6, 6.07) is 5.25. The summed E-state index contributed by atoms with van der Waals surface area (Å²) >= 11 is 0. The van der Waals surface area contributed by atoms with Gasteiger partial charge in [0.05, 0.1) is 5.56 Å². The van der Waals surface area contributed by atoms with Crippen LogP contribution in [-0.2, 0) is 0 Å². The lowest BCUT2D eigenvalue weighted by Gasteiger charge is -2.28. The van der Waals surface area contributed by atoms with E-state index in [4.69, 9.17) is 0 Å². The van der Waals surface area contributed by atoms with E-state index in [0.717, 1.165) is 18.8 Å². The van der Waals surface area contributed by atoms with E-state index in [2.05, 4.69) is 4.90 Å². The molecule has 1 saturated heterocycles. The lowest BCUT2D eigenvalue weighted by atomic mass is 10.1. The van der Waals surface area contributed by atoms with Crippen LogP contribution in [0, 0.1) is 0 Å². The predicted molar refractivity (Wildman–Crippen MR) is 59.6 cm³/mol. The van der Waals surface area contributed by atoms with E-state index in [1.165, 1.54) is 19.3 Å². The Morgan fingerprint density at radius 1 is 1.20 bits per heavy atom. The number of hydrogen-bond acceptors (Lipinski definition) is 3. The minimum Gasteiger partial charge on any atom is -0.507 e. The van der Waals surface area contributed by atoms with Gasteiger partial charge in [0.2, 0.25) is 0 Å². The predicted octanol–water partition coefficient (Wildman–Crippen LogP) is 2.19. The van der Waals surface area contributed by atoms with Crippen molar-refractivity contribution in [3.05, 3.63) is 23.8 Å². The Hall–Kier alpha value is -1.51. The van der Waals surface area contributed by atoms with Crippen molar-refractivity contribution in [3.8, 4) is 5.75 Å². The molecule has 1 fully saturated rings. The maximum absolute atomic E-state index is 10.5. The van der Waals surface area contributed by atoms with Crippen LogP contribution in [-0.4, -0.2) is 24.5 Å². The van der Waals surface area contributed by atoms with Gasteiger partial charge in [-0.3, -0.25) is 4.79 Å². The van der Waals surface area contributed by atoms with Crippen LogP contribution in [0.25, 0.3) is 0 Å². The number of carbonyl (C=O) groups is 1. The van der Waals surface area contributed by atoms with Crippen LogP contribution in [0.2, 0.25) is 0 Å². The summed E-state index contributed by atoms with van der Waals surface area (Å²) in [5.74, 6) is 0.0769. The third-order valence-corrected chi connectivity index (χ3v) is 2.86. The fourth-order valence-corrected chi connectivity index (χ4v) is 1.98. The van der Waals surface area contributed by atoms with Crippen LogP contribution < -0.4 is 4.90 Å². The normalized spacial score (nSPS) is 16.4. The van der Waals surface area contributed by atoms with Gasteiger partial charge >= 0.3 is 0 Å². The Morgan fingerprint density at radius 3 is 2.53 bits per heavy atom. The quantitative estimate of drug-likeness (QED) is 0.752. The van der Waals surface area contributed by atoms with Crippen LogP contribution >= 0.6 is 0 Å². The van der Waals surface area contributed by atoms with Crippen LogP contribution in [0.15, 0.2) is 18.2 Å². The number of phenolic OH excluding ortho intramolecular Hbond substituents is 1. The molecule has 1 N–H and O–H groups in total. The second kappa shape index (κ2) is 4.34. The molecular formula is C12H15NO2. The van der Waals surface area contributed by atoms with Crippen molar-refractivity contribution < 1.29 is 9.90 Å². The molecule has 0 amide bonds. The molecule has 0 bridgehead atoms. The maximum atomic E-state index is 10.5. The van der Waals surface area contributed by atoms with Gasteiger partial charge < -0.3 is 10.0 Å². The van der Waals surface area contributed by atoms with Crippen LogP contribution in [0.5, 0.6) is 5.75 Å². The molecular weight excluding hydrogens is 190 g/mol. The molecule has 0 aliphatic carbocycles. The van der Waals surface area contributed by atoms with Gasteiger partial charge in [0.25, 0.3) is 0 Å². The number of rotatable bonds is 2. The van der Waals surface area contributed by atoms with E-state index < -0.39 is 0 Å². The van der Waals surface area contributed by atoms with Crippen molar-refractivity contribution in [1.82, 2.24) is 0 Å². The minimum atomic E-state index is 0.0769. The summed E-state index contributed by atoms with van der Waals surface area (Å²) in [7, 11) is 0. The van der Waals surface area contributed by atoms with Gasteiger partial charge in [-0.2, -0.15) is 0 Å². The average Bonchev–Trinajstić information content (AvgIpc) is 2.30. The molecule has 0 aromatic heterocycles. The molecule has 3 heteroatoms. The Kier molecular flexibility index (Phi) is 2.90. The Labute approximate surface area is 89.3 Å². The number of benzene rings is 1. The first-order chi connectivity index (χ1) is 7.31. The third-order valence-electron chi connectivity index (χ3n) is 2.86. The summed E-state index contributed by atoms with van der Waals surface area (Å²) < 4.78 is 0. The average molecular weight is 205 g/mol. The van der Waals surface area contributed by atoms with E-state index in [9.17, 15) is 9.90 Å². The summed E-state index contributed by atoms with van der Waals surface area (Å²) in [5, 5.41) is 9.56. The first-order valence-corrected chi connectivity index (χ1v) is 5.34. The fourth-order valence-electron chi connectivity index (χ4n) is 1.98. The number of nitrogens with zero attached hydrogens (tertiary/aromatic N) is 1. The molecule has 0 unspecified atom stereocenters. The van der Waals surface area contributed by atoms with Crippen molar-refractivity contribution in [2.24, 2.45) is 0 Å². The van der Waals surface area contributed by atoms with E-state index in [-0.39, 0.29) is 5.75 Å². The monoisotopic (exact) mass is 205 g/mol. The highest BCUT2D eigenvalue weighted by Gasteiger charge is 2.12. The van der Waals surface area contributed by atoms with Gasteiger partial charge in [0.15, 0.2) is 6.29 Å². The first kappa shape index (κ1) is 10.0. The van der Waals surface area contributed by atoms with Gasteiger partial charge in [-0.15, -0.1) is 0 Å². The van der Waals surface area contributed by atoms with Gasteiger partial charge in [-0.05, 0) is 31.4 Å². The van der Waals surface area contributed by atoms with Crippen molar-refractivity contribution in [1.29, 1.82) is 0 Å². The summed E-state index contributed by atoms with van der Waals surface area (Å²) in [6.07, 6.45) is 4.37. The van der Waals surface area contributed by atoms with E-state index in [1.54, 1.807) is 12.1 Å².